The number of hydrogen-bond donors (Lipinski definition) is 0. The van der Waals surface area contributed by atoms with E-state index in [1.54, 1.807) is 6.26 Å². The predicted molar refractivity (Wildman–Crippen MR) is 123 cm³/mol. The highest BCUT2D eigenvalue weighted by molar-refractivity contribution is 5.95. The molecule has 4 aliphatic carbocycles. The van der Waals surface area contributed by atoms with Gasteiger partial charge in [-0.05, 0) is 72.0 Å². The van der Waals surface area contributed by atoms with Crippen molar-refractivity contribution in [2.45, 2.75) is 79.2 Å². The average Bonchev–Trinajstić information content (AvgIpc) is 3.34. The van der Waals surface area contributed by atoms with Crippen LogP contribution in [0.2, 0.25) is 0 Å². The summed E-state index contributed by atoms with van der Waals surface area (Å²) in [6.45, 7) is 12.8. The molecule has 2 saturated carbocycles. The molecule has 0 N–H and O–H groups in total. The van der Waals surface area contributed by atoms with Crippen molar-refractivity contribution in [3.8, 4) is 0 Å². The van der Waals surface area contributed by atoms with E-state index in [1.165, 1.54) is 18.1 Å². The lowest BCUT2D eigenvalue weighted by molar-refractivity contribution is -0.187. The zero-order chi connectivity index (χ0) is 23.1. The van der Waals surface area contributed by atoms with Crippen molar-refractivity contribution >= 4 is 11.8 Å². The molecule has 1 aromatic rings. The van der Waals surface area contributed by atoms with Crippen molar-refractivity contribution < 1.29 is 18.7 Å². The third-order valence-corrected chi connectivity index (χ3v) is 10.2. The van der Waals surface area contributed by atoms with Crippen LogP contribution in [-0.2, 0) is 14.3 Å². The second-order valence-corrected chi connectivity index (χ2v) is 11.9. The highest BCUT2D eigenvalue weighted by Crippen LogP contribution is 2.72. The van der Waals surface area contributed by atoms with E-state index in [-0.39, 0.29) is 40.0 Å². The molecule has 0 spiro atoms. The lowest BCUT2D eigenvalue weighted by atomic mass is 9.38. The van der Waals surface area contributed by atoms with Gasteiger partial charge in [-0.3, -0.25) is 9.59 Å². The lowest BCUT2D eigenvalue weighted by Gasteiger charge is -2.66. The Kier molecular flexibility index (Phi) is 4.56. The molecule has 32 heavy (non-hydrogen) atoms. The Morgan fingerprint density at radius 1 is 1.16 bits per heavy atom. The van der Waals surface area contributed by atoms with E-state index in [4.69, 9.17) is 9.15 Å². The van der Waals surface area contributed by atoms with Gasteiger partial charge in [-0.15, -0.1) is 0 Å². The molecule has 2 fully saturated rings. The maximum Gasteiger partial charge on any atom is 0.302 e. The fraction of sp³-hybridized carbons (Fsp3) is 0.643. The van der Waals surface area contributed by atoms with E-state index < -0.39 is 5.41 Å². The Hall–Kier alpha value is -2.10. The Morgan fingerprint density at radius 3 is 2.56 bits per heavy atom. The van der Waals surface area contributed by atoms with E-state index in [0.717, 1.165) is 25.7 Å². The number of allylic oxidation sites excluding steroid dienone is 3. The Labute approximate surface area is 191 Å². The molecule has 172 valence electrons. The van der Waals surface area contributed by atoms with Gasteiger partial charge < -0.3 is 9.15 Å². The number of esters is 1. The van der Waals surface area contributed by atoms with Gasteiger partial charge >= 0.3 is 5.97 Å². The smallest absolute Gasteiger partial charge is 0.302 e. The quantitative estimate of drug-likeness (QED) is 0.407. The van der Waals surface area contributed by atoms with Gasteiger partial charge in [0.1, 0.15) is 6.10 Å². The standard InChI is InChI=1S/C28H36O4/c1-17(29)32-24-15-22-25(2,3)23(30)10-13-27(22,5)21-9-12-26(4)19(18-11-14-31-16-18)7-8-20(26)28(21,24)6/h8,10-11,13-14,16,19,21-22,24H,7,9,12,15H2,1-6H3/t19-,21?,22?,24+,26-,27+,28-/m0/s1. The minimum absolute atomic E-state index is 0.0143. The first-order valence-electron chi connectivity index (χ1n) is 12.1. The van der Waals surface area contributed by atoms with Gasteiger partial charge in [0.2, 0.25) is 0 Å². The first-order valence-corrected chi connectivity index (χ1v) is 12.1. The Balaban J connectivity index is 1.64. The normalized spacial score (nSPS) is 44.3. The van der Waals surface area contributed by atoms with Crippen LogP contribution in [0.25, 0.3) is 0 Å². The summed E-state index contributed by atoms with van der Waals surface area (Å²) in [5.74, 6) is 0.796. The SMILES string of the molecule is CC(=O)O[C@@H]1CC2C(C)(C)C(=O)C=C[C@]2(C)C2CC[C@]3(C)C(=CC[C@H]3c3ccoc3)[C@@]21C. The van der Waals surface area contributed by atoms with E-state index >= 15 is 0 Å². The molecule has 0 aliphatic heterocycles. The lowest BCUT2D eigenvalue weighted by Crippen LogP contribution is -2.64. The summed E-state index contributed by atoms with van der Waals surface area (Å²) in [5.41, 5.74) is 1.88. The molecule has 5 rings (SSSR count). The number of carbonyl (C=O) groups is 2. The number of rotatable bonds is 2. The van der Waals surface area contributed by atoms with Crippen LogP contribution in [0.15, 0.2) is 46.8 Å². The monoisotopic (exact) mass is 436 g/mol. The third kappa shape index (κ3) is 2.61. The van der Waals surface area contributed by atoms with Gasteiger partial charge in [0, 0.05) is 17.8 Å². The minimum Gasteiger partial charge on any atom is -0.472 e. The molecule has 4 nitrogen and oxygen atoms in total. The maximum atomic E-state index is 12.9. The number of carbonyl (C=O) groups excluding carboxylic acids is 2. The fourth-order valence-electron chi connectivity index (χ4n) is 8.60. The summed E-state index contributed by atoms with van der Waals surface area (Å²) >= 11 is 0. The van der Waals surface area contributed by atoms with Gasteiger partial charge in [0.05, 0.1) is 12.5 Å². The summed E-state index contributed by atoms with van der Waals surface area (Å²) in [4.78, 5) is 25.2. The van der Waals surface area contributed by atoms with Gasteiger partial charge in [-0.1, -0.05) is 52.3 Å². The molecule has 0 aromatic carbocycles. The molecule has 0 radical (unpaired) electrons. The molecular formula is C28H36O4. The van der Waals surface area contributed by atoms with Crippen LogP contribution >= 0.6 is 0 Å². The molecule has 2 unspecified atom stereocenters. The zero-order valence-corrected chi connectivity index (χ0v) is 20.2. The van der Waals surface area contributed by atoms with Crippen LogP contribution < -0.4 is 0 Å². The van der Waals surface area contributed by atoms with Crippen molar-refractivity contribution in [3.05, 3.63) is 48.0 Å². The minimum atomic E-state index is -0.465. The summed E-state index contributed by atoms with van der Waals surface area (Å²) in [6, 6.07) is 2.10. The Morgan fingerprint density at radius 2 is 1.91 bits per heavy atom. The molecular weight excluding hydrogens is 400 g/mol. The molecule has 4 heteroatoms. The second kappa shape index (κ2) is 6.71. The zero-order valence-electron chi connectivity index (χ0n) is 20.2. The molecule has 0 amide bonds. The third-order valence-electron chi connectivity index (χ3n) is 10.2. The van der Waals surface area contributed by atoms with Crippen molar-refractivity contribution in [2.75, 3.05) is 0 Å². The van der Waals surface area contributed by atoms with Crippen molar-refractivity contribution in [1.29, 1.82) is 0 Å². The highest BCUT2D eigenvalue weighted by atomic mass is 16.5. The first kappa shape index (κ1) is 21.7. The van der Waals surface area contributed by atoms with Gasteiger partial charge in [-0.2, -0.15) is 0 Å². The number of ether oxygens (including phenoxy) is 1. The van der Waals surface area contributed by atoms with E-state index in [0.29, 0.717) is 11.8 Å². The molecule has 0 saturated heterocycles. The van der Waals surface area contributed by atoms with Crippen molar-refractivity contribution in [3.63, 3.8) is 0 Å². The maximum absolute atomic E-state index is 12.9. The molecule has 0 bridgehead atoms. The summed E-state index contributed by atoms with van der Waals surface area (Å²) in [6.07, 6.45) is 13.7. The summed E-state index contributed by atoms with van der Waals surface area (Å²) < 4.78 is 11.6. The van der Waals surface area contributed by atoms with E-state index in [1.807, 2.05) is 12.3 Å². The second-order valence-electron chi connectivity index (χ2n) is 11.9. The van der Waals surface area contributed by atoms with Crippen LogP contribution in [0.3, 0.4) is 0 Å². The van der Waals surface area contributed by atoms with E-state index in [9.17, 15) is 9.59 Å². The summed E-state index contributed by atoms with van der Waals surface area (Å²) in [5, 5.41) is 0. The molecule has 4 aliphatic rings. The molecule has 7 atom stereocenters. The molecule has 1 heterocycles. The van der Waals surface area contributed by atoms with Crippen LogP contribution in [0.1, 0.15) is 78.7 Å². The van der Waals surface area contributed by atoms with Gasteiger partial charge in [0.25, 0.3) is 0 Å². The van der Waals surface area contributed by atoms with E-state index in [2.05, 4.69) is 52.8 Å². The molecule has 1 aromatic heterocycles. The Bertz CT molecular complexity index is 1010. The average molecular weight is 437 g/mol. The van der Waals surface area contributed by atoms with Crippen LogP contribution in [-0.4, -0.2) is 17.9 Å². The fourth-order valence-corrected chi connectivity index (χ4v) is 8.60. The number of fused-ring (bicyclic) bond motifs is 5. The topological polar surface area (TPSA) is 56.5 Å². The van der Waals surface area contributed by atoms with Crippen LogP contribution in [0, 0.1) is 33.5 Å². The summed E-state index contributed by atoms with van der Waals surface area (Å²) in [7, 11) is 0. The number of ketones is 1. The largest absolute Gasteiger partial charge is 0.472 e. The van der Waals surface area contributed by atoms with Gasteiger partial charge in [0.15, 0.2) is 5.78 Å². The van der Waals surface area contributed by atoms with Crippen LogP contribution in [0.5, 0.6) is 0 Å². The van der Waals surface area contributed by atoms with Crippen LogP contribution in [0.4, 0.5) is 0 Å². The predicted octanol–water partition coefficient (Wildman–Crippen LogP) is 6.24. The number of furan rings is 1. The first-order chi connectivity index (χ1) is 15.0. The highest BCUT2D eigenvalue weighted by Gasteiger charge is 2.68. The van der Waals surface area contributed by atoms with Crippen molar-refractivity contribution in [1.82, 2.24) is 0 Å². The van der Waals surface area contributed by atoms with Gasteiger partial charge in [-0.25, -0.2) is 0 Å². The van der Waals surface area contributed by atoms with Crippen molar-refractivity contribution in [2.24, 2.45) is 33.5 Å². The number of hydrogen-bond acceptors (Lipinski definition) is 4.